The van der Waals surface area contributed by atoms with Gasteiger partial charge in [0.25, 0.3) is 0 Å². The maximum Gasteiger partial charge on any atom is 0.127 e. The highest BCUT2D eigenvalue weighted by Gasteiger charge is 2.25. The summed E-state index contributed by atoms with van der Waals surface area (Å²) in [5.74, 6) is 2.98. The third-order valence-electron chi connectivity index (χ3n) is 8.10. The average Bonchev–Trinajstić information content (AvgIpc) is 2.89. The fraction of sp³-hybridized carbons (Fsp3) is 0.351. The molecule has 2 heteroatoms. The highest BCUT2D eigenvalue weighted by molar-refractivity contribution is 5.65. The number of rotatable bonds is 8. The molecule has 0 unspecified atom stereocenters. The second-order valence-electron chi connectivity index (χ2n) is 13.0. The van der Waals surface area contributed by atoms with Crippen LogP contribution in [0.15, 0.2) is 97.1 Å². The SMILES string of the molecule is CC(C)C(C)(C)Oc1ccc(-c2ccc(Oc3ccc(C(C)(C)c4ccc(C(C)(C)C)cc4)cc3)cc2)cc1. The van der Waals surface area contributed by atoms with Crippen LogP contribution >= 0.6 is 0 Å². The standard InChI is InChI=1S/C37H44O2/c1-26(2)37(8,9)39-34-22-12-28(13-23-34)27-10-20-32(21-11-27)38-33-24-18-31(19-25-33)36(6,7)30-16-14-29(15-17-30)35(3,4)5/h10-26H,1-9H3. The van der Waals surface area contributed by atoms with Crippen LogP contribution < -0.4 is 9.47 Å². The topological polar surface area (TPSA) is 18.5 Å². The molecule has 0 fully saturated rings. The minimum Gasteiger partial charge on any atom is -0.488 e. The lowest BCUT2D eigenvalue weighted by Gasteiger charge is -2.30. The van der Waals surface area contributed by atoms with Gasteiger partial charge in [-0.2, -0.15) is 0 Å². The Balaban J connectivity index is 1.41. The Labute approximate surface area is 236 Å². The normalized spacial score (nSPS) is 12.5. The number of ether oxygens (including phenoxy) is 2. The van der Waals surface area contributed by atoms with E-state index in [4.69, 9.17) is 9.47 Å². The first-order chi connectivity index (χ1) is 18.3. The first-order valence-electron chi connectivity index (χ1n) is 14.0. The lowest BCUT2D eigenvalue weighted by molar-refractivity contribution is 0.0600. The van der Waals surface area contributed by atoms with Crippen molar-refractivity contribution in [3.8, 4) is 28.4 Å². The minimum atomic E-state index is -0.202. The maximum absolute atomic E-state index is 6.19. The number of hydrogen-bond acceptors (Lipinski definition) is 2. The van der Waals surface area contributed by atoms with E-state index in [1.54, 1.807) is 0 Å². The first kappa shape index (κ1) is 28.5. The predicted molar refractivity (Wildman–Crippen MR) is 165 cm³/mol. The molecule has 4 aromatic carbocycles. The van der Waals surface area contributed by atoms with E-state index in [-0.39, 0.29) is 16.4 Å². The molecule has 0 aliphatic heterocycles. The predicted octanol–water partition coefficient (Wildman–Crippen LogP) is 10.6. The van der Waals surface area contributed by atoms with Crippen molar-refractivity contribution in [1.29, 1.82) is 0 Å². The molecule has 0 N–H and O–H groups in total. The molecular formula is C37H44O2. The van der Waals surface area contributed by atoms with Crippen molar-refractivity contribution >= 4 is 0 Å². The zero-order valence-corrected chi connectivity index (χ0v) is 25.1. The highest BCUT2D eigenvalue weighted by atomic mass is 16.5. The van der Waals surface area contributed by atoms with Crippen LogP contribution in [0, 0.1) is 5.92 Å². The fourth-order valence-electron chi connectivity index (χ4n) is 4.48. The third-order valence-corrected chi connectivity index (χ3v) is 8.10. The van der Waals surface area contributed by atoms with Crippen molar-refractivity contribution in [3.05, 3.63) is 114 Å². The van der Waals surface area contributed by atoms with Crippen molar-refractivity contribution < 1.29 is 9.47 Å². The summed E-state index contributed by atoms with van der Waals surface area (Å²) in [6.07, 6.45) is 0. The van der Waals surface area contributed by atoms with Gasteiger partial charge in [-0.25, -0.2) is 0 Å². The monoisotopic (exact) mass is 520 g/mol. The molecule has 0 amide bonds. The van der Waals surface area contributed by atoms with Crippen LogP contribution in [0.4, 0.5) is 0 Å². The van der Waals surface area contributed by atoms with Crippen molar-refractivity contribution in [1.82, 2.24) is 0 Å². The third kappa shape index (κ3) is 6.74. The Kier molecular flexibility index (Phi) is 7.98. The molecule has 0 heterocycles. The van der Waals surface area contributed by atoms with Gasteiger partial charge in [-0.05, 0) is 89.4 Å². The molecule has 39 heavy (non-hydrogen) atoms. The highest BCUT2D eigenvalue weighted by Crippen LogP contribution is 2.35. The van der Waals surface area contributed by atoms with Crippen molar-refractivity contribution in [2.24, 2.45) is 5.92 Å². The van der Waals surface area contributed by atoms with Crippen LogP contribution in [0.3, 0.4) is 0 Å². The van der Waals surface area contributed by atoms with Crippen LogP contribution in [0.1, 0.15) is 79.0 Å². The molecule has 0 saturated heterocycles. The van der Waals surface area contributed by atoms with E-state index in [9.17, 15) is 0 Å². The van der Waals surface area contributed by atoms with E-state index >= 15 is 0 Å². The molecule has 0 saturated carbocycles. The molecule has 0 bridgehead atoms. The van der Waals surface area contributed by atoms with Crippen LogP contribution in [-0.4, -0.2) is 5.60 Å². The van der Waals surface area contributed by atoms with Gasteiger partial charge < -0.3 is 9.47 Å². The lowest BCUT2D eigenvalue weighted by Crippen LogP contribution is -2.34. The fourth-order valence-corrected chi connectivity index (χ4v) is 4.48. The van der Waals surface area contributed by atoms with Crippen molar-refractivity contribution in [3.63, 3.8) is 0 Å². The van der Waals surface area contributed by atoms with Crippen LogP contribution in [-0.2, 0) is 10.8 Å². The lowest BCUT2D eigenvalue weighted by atomic mass is 9.77. The molecule has 0 spiro atoms. The molecule has 0 aliphatic carbocycles. The van der Waals surface area contributed by atoms with Crippen LogP contribution in [0.25, 0.3) is 11.1 Å². The van der Waals surface area contributed by atoms with Gasteiger partial charge in [0, 0.05) is 5.41 Å². The Morgan fingerprint density at radius 2 is 0.821 bits per heavy atom. The van der Waals surface area contributed by atoms with Gasteiger partial charge in [-0.3, -0.25) is 0 Å². The molecule has 2 nitrogen and oxygen atoms in total. The van der Waals surface area contributed by atoms with E-state index in [0.717, 1.165) is 28.4 Å². The number of benzene rings is 4. The van der Waals surface area contributed by atoms with Crippen LogP contribution in [0.5, 0.6) is 17.2 Å². The average molecular weight is 521 g/mol. The van der Waals surface area contributed by atoms with Gasteiger partial charge in [0.2, 0.25) is 0 Å². The maximum atomic E-state index is 6.19. The summed E-state index contributed by atoms with van der Waals surface area (Å²) >= 11 is 0. The van der Waals surface area contributed by atoms with Gasteiger partial charge in [0.1, 0.15) is 22.8 Å². The summed E-state index contributed by atoms with van der Waals surface area (Å²) < 4.78 is 12.4. The molecule has 0 aromatic heterocycles. The zero-order valence-electron chi connectivity index (χ0n) is 25.1. The van der Waals surface area contributed by atoms with Crippen LogP contribution in [0.2, 0.25) is 0 Å². The summed E-state index contributed by atoms with van der Waals surface area (Å²) in [6, 6.07) is 34.1. The Bertz CT molecular complexity index is 1350. The Morgan fingerprint density at radius 1 is 0.462 bits per heavy atom. The van der Waals surface area contributed by atoms with Gasteiger partial charge in [-0.15, -0.1) is 0 Å². The Morgan fingerprint density at radius 3 is 1.23 bits per heavy atom. The largest absolute Gasteiger partial charge is 0.488 e. The van der Waals surface area contributed by atoms with Gasteiger partial charge in [-0.1, -0.05) is 109 Å². The molecule has 4 aromatic rings. The molecule has 0 atom stereocenters. The van der Waals surface area contributed by atoms with Crippen molar-refractivity contribution in [2.75, 3.05) is 0 Å². The summed E-state index contributed by atoms with van der Waals surface area (Å²) in [5.41, 5.74) is 6.08. The summed E-state index contributed by atoms with van der Waals surface area (Å²) in [5, 5.41) is 0. The van der Waals surface area contributed by atoms with E-state index in [1.807, 2.05) is 24.3 Å². The van der Waals surface area contributed by atoms with E-state index in [0.29, 0.717) is 5.92 Å². The van der Waals surface area contributed by atoms with E-state index in [1.165, 1.54) is 16.7 Å². The summed E-state index contributed by atoms with van der Waals surface area (Å²) in [4.78, 5) is 0. The zero-order chi connectivity index (χ0) is 28.4. The van der Waals surface area contributed by atoms with Crippen molar-refractivity contribution in [2.45, 2.75) is 78.7 Å². The quantitative estimate of drug-likeness (QED) is 0.230. The summed E-state index contributed by atoms with van der Waals surface area (Å²) in [7, 11) is 0. The first-order valence-corrected chi connectivity index (χ1v) is 14.0. The Hall–Kier alpha value is -3.52. The number of hydrogen-bond donors (Lipinski definition) is 0. The van der Waals surface area contributed by atoms with Gasteiger partial charge in [0.15, 0.2) is 0 Å². The van der Waals surface area contributed by atoms with E-state index in [2.05, 4.69) is 135 Å². The molecular weight excluding hydrogens is 476 g/mol. The smallest absolute Gasteiger partial charge is 0.127 e. The molecule has 0 radical (unpaired) electrons. The second kappa shape index (κ2) is 10.9. The molecule has 0 aliphatic rings. The van der Waals surface area contributed by atoms with Gasteiger partial charge >= 0.3 is 0 Å². The molecule has 4 rings (SSSR count). The second-order valence-corrected chi connectivity index (χ2v) is 13.0. The summed E-state index contributed by atoms with van der Waals surface area (Å²) in [6.45, 7) is 19.9. The molecule has 204 valence electrons. The minimum absolute atomic E-state index is 0.0955. The van der Waals surface area contributed by atoms with Gasteiger partial charge in [0.05, 0.1) is 0 Å². The van der Waals surface area contributed by atoms with E-state index < -0.39 is 0 Å².